The van der Waals surface area contributed by atoms with Gasteiger partial charge in [0, 0.05) is 6.61 Å². The van der Waals surface area contributed by atoms with Gasteiger partial charge in [-0.15, -0.1) is 0 Å². The molecule has 55 valence electrons. The Hall–Kier alpha value is -0.0800. The first-order valence-corrected chi connectivity index (χ1v) is 3.49. The lowest BCUT2D eigenvalue weighted by molar-refractivity contribution is 0.234. The minimum absolute atomic E-state index is 0.783. The SMILES string of the molecule is [CH2]OCCCCNCC. The predicted octanol–water partition coefficient (Wildman–Crippen LogP) is 1.18. The van der Waals surface area contributed by atoms with Crippen molar-refractivity contribution in [2.75, 3.05) is 19.7 Å². The Morgan fingerprint density at radius 3 is 2.78 bits per heavy atom. The van der Waals surface area contributed by atoms with Crippen molar-refractivity contribution in [1.29, 1.82) is 0 Å². The van der Waals surface area contributed by atoms with Crippen molar-refractivity contribution in [1.82, 2.24) is 5.32 Å². The summed E-state index contributed by atoms with van der Waals surface area (Å²) in [6.07, 6.45) is 2.29. The van der Waals surface area contributed by atoms with Gasteiger partial charge in [-0.05, 0) is 25.9 Å². The fourth-order valence-corrected chi connectivity index (χ4v) is 0.631. The maximum Gasteiger partial charge on any atom is 0.0700 e. The van der Waals surface area contributed by atoms with Crippen molar-refractivity contribution in [3.8, 4) is 0 Å². The Labute approximate surface area is 57.6 Å². The Morgan fingerprint density at radius 1 is 1.44 bits per heavy atom. The van der Waals surface area contributed by atoms with Crippen LogP contribution in [0.1, 0.15) is 19.8 Å². The van der Waals surface area contributed by atoms with Crippen LogP contribution in [-0.2, 0) is 4.74 Å². The third kappa shape index (κ3) is 7.92. The number of nitrogens with one attached hydrogen (secondary N) is 1. The van der Waals surface area contributed by atoms with E-state index in [1.165, 1.54) is 6.42 Å². The van der Waals surface area contributed by atoms with Gasteiger partial charge in [-0.1, -0.05) is 6.92 Å². The van der Waals surface area contributed by atoms with Crippen molar-refractivity contribution in [3.63, 3.8) is 0 Å². The summed E-state index contributed by atoms with van der Waals surface area (Å²) < 4.78 is 4.64. The molecule has 1 radical (unpaired) electrons. The average molecular weight is 130 g/mol. The molecule has 0 spiro atoms. The lowest BCUT2D eigenvalue weighted by atomic mass is 10.3. The van der Waals surface area contributed by atoms with E-state index in [2.05, 4.69) is 24.1 Å². The van der Waals surface area contributed by atoms with E-state index in [9.17, 15) is 0 Å². The summed E-state index contributed by atoms with van der Waals surface area (Å²) in [4.78, 5) is 0. The van der Waals surface area contributed by atoms with E-state index in [4.69, 9.17) is 0 Å². The van der Waals surface area contributed by atoms with Gasteiger partial charge < -0.3 is 10.1 Å². The van der Waals surface area contributed by atoms with Gasteiger partial charge in [-0.3, -0.25) is 0 Å². The van der Waals surface area contributed by atoms with Crippen LogP contribution in [0.5, 0.6) is 0 Å². The van der Waals surface area contributed by atoms with Gasteiger partial charge in [0.05, 0.1) is 7.11 Å². The quantitative estimate of drug-likeness (QED) is 0.545. The molecule has 0 rings (SSSR count). The summed E-state index contributed by atoms with van der Waals surface area (Å²) in [5, 5.41) is 3.23. The molecule has 0 heterocycles. The lowest BCUT2D eigenvalue weighted by Gasteiger charge is -1.99. The summed E-state index contributed by atoms with van der Waals surface area (Å²) >= 11 is 0. The summed E-state index contributed by atoms with van der Waals surface area (Å²) in [5.41, 5.74) is 0. The second kappa shape index (κ2) is 7.92. The molecular formula is C7H16NO. The van der Waals surface area contributed by atoms with Gasteiger partial charge in [0.25, 0.3) is 0 Å². The van der Waals surface area contributed by atoms with E-state index in [-0.39, 0.29) is 0 Å². The van der Waals surface area contributed by atoms with E-state index in [1.807, 2.05) is 0 Å². The first-order chi connectivity index (χ1) is 4.41. The summed E-state index contributed by atoms with van der Waals surface area (Å²) in [6, 6.07) is 0. The normalized spacial score (nSPS) is 10.0. The third-order valence-electron chi connectivity index (χ3n) is 1.14. The highest BCUT2D eigenvalue weighted by Gasteiger charge is 1.84. The minimum atomic E-state index is 0.783. The monoisotopic (exact) mass is 130 g/mol. The Balaban J connectivity index is 2.60. The van der Waals surface area contributed by atoms with Gasteiger partial charge in [0.15, 0.2) is 0 Å². The molecule has 0 amide bonds. The van der Waals surface area contributed by atoms with Crippen LogP contribution in [0.15, 0.2) is 0 Å². The van der Waals surface area contributed by atoms with Crippen molar-refractivity contribution >= 4 is 0 Å². The second-order valence-electron chi connectivity index (χ2n) is 1.97. The van der Waals surface area contributed by atoms with Crippen molar-refractivity contribution < 1.29 is 4.74 Å². The van der Waals surface area contributed by atoms with Gasteiger partial charge >= 0.3 is 0 Å². The fraction of sp³-hybridized carbons (Fsp3) is 0.857. The van der Waals surface area contributed by atoms with Crippen LogP contribution in [0.25, 0.3) is 0 Å². The predicted molar refractivity (Wildman–Crippen MR) is 39.1 cm³/mol. The number of hydrogen-bond acceptors (Lipinski definition) is 2. The number of hydrogen-bond donors (Lipinski definition) is 1. The van der Waals surface area contributed by atoms with Crippen LogP contribution in [0, 0.1) is 7.11 Å². The van der Waals surface area contributed by atoms with Crippen molar-refractivity contribution in [2.45, 2.75) is 19.8 Å². The molecule has 2 heteroatoms. The molecule has 0 unspecified atom stereocenters. The lowest BCUT2D eigenvalue weighted by Crippen LogP contribution is -2.14. The zero-order valence-electron chi connectivity index (χ0n) is 6.15. The maximum atomic E-state index is 4.64. The zero-order valence-corrected chi connectivity index (χ0v) is 6.15. The number of ether oxygens (including phenoxy) is 1. The fourth-order valence-electron chi connectivity index (χ4n) is 0.631. The van der Waals surface area contributed by atoms with Gasteiger partial charge in [-0.25, -0.2) is 0 Å². The summed E-state index contributed by atoms with van der Waals surface area (Å²) in [7, 11) is 3.28. The van der Waals surface area contributed by atoms with Gasteiger partial charge in [0.1, 0.15) is 0 Å². The molecular weight excluding hydrogens is 114 g/mol. The van der Waals surface area contributed by atoms with Crippen LogP contribution in [-0.4, -0.2) is 19.7 Å². The number of unbranched alkanes of at least 4 members (excludes halogenated alkanes) is 1. The van der Waals surface area contributed by atoms with Gasteiger partial charge in [-0.2, -0.15) is 0 Å². The molecule has 0 atom stereocenters. The zero-order chi connectivity index (χ0) is 6.95. The van der Waals surface area contributed by atoms with Crippen molar-refractivity contribution in [2.24, 2.45) is 0 Å². The molecule has 0 aromatic rings. The topological polar surface area (TPSA) is 21.3 Å². The third-order valence-corrected chi connectivity index (χ3v) is 1.14. The number of rotatable bonds is 6. The molecule has 1 N–H and O–H groups in total. The molecule has 0 aliphatic heterocycles. The molecule has 0 aromatic carbocycles. The minimum Gasteiger partial charge on any atom is -0.379 e. The van der Waals surface area contributed by atoms with E-state index in [0.29, 0.717) is 0 Å². The highest BCUT2D eigenvalue weighted by atomic mass is 16.5. The van der Waals surface area contributed by atoms with Crippen LogP contribution < -0.4 is 5.32 Å². The molecule has 0 aliphatic rings. The van der Waals surface area contributed by atoms with Crippen molar-refractivity contribution in [3.05, 3.63) is 7.11 Å². The Morgan fingerprint density at radius 2 is 2.22 bits per heavy atom. The molecule has 2 nitrogen and oxygen atoms in total. The first kappa shape index (κ1) is 8.92. The van der Waals surface area contributed by atoms with Gasteiger partial charge in [0.2, 0.25) is 0 Å². The molecule has 0 aliphatic carbocycles. The molecule has 0 aromatic heterocycles. The smallest absolute Gasteiger partial charge is 0.0700 e. The summed E-state index contributed by atoms with van der Waals surface area (Å²) in [5.74, 6) is 0. The Kier molecular flexibility index (Phi) is 7.85. The second-order valence-corrected chi connectivity index (χ2v) is 1.97. The summed E-state index contributed by atoms with van der Waals surface area (Å²) in [6.45, 7) is 5.05. The highest BCUT2D eigenvalue weighted by molar-refractivity contribution is 4.43. The standard InChI is InChI=1S/C7H16NO/c1-3-8-6-4-5-7-9-2/h8H,2-7H2,1H3. The van der Waals surface area contributed by atoms with Crippen LogP contribution in [0.2, 0.25) is 0 Å². The molecule has 0 saturated carbocycles. The highest BCUT2D eigenvalue weighted by Crippen LogP contribution is 1.86. The molecule has 9 heavy (non-hydrogen) atoms. The van der Waals surface area contributed by atoms with E-state index < -0.39 is 0 Å². The van der Waals surface area contributed by atoms with E-state index in [1.54, 1.807) is 0 Å². The van der Waals surface area contributed by atoms with Crippen LogP contribution in [0.4, 0.5) is 0 Å². The maximum absolute atomic E-state index is 4.64. The molecule has 0 bridgehead atoms. The van der Waals surface area contributed by atoms with E-state index in [0.717, 1.165) is 26.1 Å². The molecule has 0 saturated heterocycles. The van der Waals surface area contributed by atoms with E-state index >= 15 is 0 Å². The Bertz CT molecular complexity index is 42.2. The first-order valence-electron chi connectivity index (χ1n) is 3.49. The largest absolute Gasteiger partial charge is 0.379 e. The molecule has 0 fully saturated rings. The van der Waals surface area contributed by atoms with Crippen LogP contribution >= 0.6 is 0 Å². The van der Waals surface area contributed by atoms with Crippen LogP contribution in [0.3, 0.4) is 0 Å². The average Bonchev–Trinajstić information content (AvgIpc) is 1.89.